The summed E-state index contributed by atoms with van der Waals surface area (Å²) < 4.78 is 23.8. The molecule has 17 heavy (non-hydrogen) atoms. The van der Waals surface area contributed by atoms with Crippen molar-refractivity contribution in [3.05, 3.63) is 23.5 Å². The van der Waals surface area contributed by atoms with Crippen molar-refractivity contribution in [2.45, 2.75) is 6.92 Å². The minimum Gasteiger partial charge on any atom is -0.397 e. The van der Waals surface area contributed by atoms with E-state index in [1.165, 1.54) is 17.0 Å². The fourth-order valence-corrected chi connectivity index (χ4v) is 1.70. The first-order valence-electron chi connectivity index (χ1n) is 6.63. The Bertz CT molecular complexity index is 688. The van der Waals surface area contributed by atoms with Gasteiger partial charge in [-0.15, -0.1) is 0 Å². The molecule has 1 aromatic heterocycles. The molecule has 0 fully saturated rings. The molecule has 5 heteroatoms. The predicted molar refractivity (Wildman–Crippen MR) is 67.9 cm³/mol. The van der Waals surface area contributed by atoms with Crippen LogP contribution in [0.4, 0.5) is 5.69 Å². The number of imidazole rings is 1. The van der Waals surface area contributed by atoms with Gasteiger partial charge in [-0.1, -0.05) is 0 Å². The van der Waals surface area contributed by atoms with Crippen LogP contribution in [-0.2, 0) is 6.98 Å². The monoisotopic (exact) mass is 235 g/mol. The van der Waals surface area contributed by atoms with E-state index < -0.39 is 6.98 Å². The van der Waals surface area contributed by atoms with Gasteiger partial charge in [0.15, 0.2) is 0 Å². The van der Waals surface area contributed by atoms with Crippen LogP contribution in [0, 0.1) is 6.92 Å². The molecule has 90 valence electrons. The number of hydrogen-bond donors (Lipinski definition) is 1. The topological polar surface area (TPSA) is 64.2 Å². The van der Waals surface area contributed by atoms with Gasteiger partial charge in [0.25, 0.3) is 5.91 Å². The zero-order chi connectivity index (χ0) is 15.2. The first kappa shape index (κ1) is 8.11. The standard InChI is InChI=1S/C12H16N4O/c1-7-14-11-9(13)5-8(12(17)15(2)3)6-10(11)16(7)4/h5-6H,13H2,1-4H3/i4D3. The number of aromatic nitrogens is 2. The molecule has 0 aliphatic rings. The molecule has 5 nitrogen and oxygen atoms in total. The number of anilines is 1. The van der Waals surface area contributed by atoms with Crippen molar-refractivity contribution in [2.24, 2.45) is 6.98 Å². The van der Waals surface area contributed by atoms with Crippen LogP contribution in [-0.4, -0.2) is 34.5 Å². The number of carbonyl (C=O) groups is 1. The maximum Gasteiger partial charge on any atom is 0.253 e. The van der Waals surface area contributed by atoms with Gasteiger partial charge in [0, 0.05) is 30.7 Å². The van der Waals surface area contributed by atoms with Crippen molar-refractivity contribution < 1.29 is 8.91 Å². The molecule has 0 atom stereocenters. The smallest absolute Gasteiger partial charge is 0.253 e. The van der Waals surface area contributed by atoms with Crippen molar-refractivity contribution in [1.29, 1.82) is 0 Å². The quantitative estimate of drug-likeness (QED) is 0.754. The van der Waals surface area contributed by atoms with Crippen LogP contribution in [0.25, 0.3) is 11.0 Å². The molecule has 0 unspecified atom stereocenters. The van der Waals surface area contributed by atoms with Gasteiger partial charge in [-0.05, 0) is 19.1 Å². The summed E-state index contributed by atoms with van der Waals surface area (Å²) in [6, 6.07) is 3.03. The number of hydrogen-bond acceptors (Lipinski definition) is 3. The molecule has 1 aromatic carbocycles. The molecule has 0 saturated heterocycles. The van der Waals surface area contributed by atoms with Crippen LogP contribution >= 0.6 is 0 Å². The maximum absolute atomic E-state index is 12.0. The summed E-state index contributed by atoms with van der Waals surface area (Å²) in [5.74, 6) is 0.0932. The molecule has 2 aromatic rings. The highest BCUT2D eigenvalue weighted by molar-refractivity contribution is 6.00. The van der Waals surface area contributed by atoms with E-state index in [2.05, 4.69) is 4.98 Å². The molecule has 1 heterocycles. The predicted octanol–water partition coefficient (Wildman–Crippen LogP) is 1.17. The Balaban J connectivity index is 2.78. The van der Waals surface area contributed by atoms with E-state index in [1.54, 1.807) is 21.0 Å². The second-order valence-electron chi connectivity index (χ2n) is 4.13. The molecule has 0 saturated carbocycles. The highest BCUT2D eigenvalue weighted by atomic mass is 16.2. The lowest BCUT2D eigenvalue weighted by Gasteiger charge is -2.11. The number of fused-ring (bicyclic) bond motifs is 1. The number of nitrogens with zero attached hydrogens (tertiary/aromatic N) is 3. The highest BCUT2D eigenvalue weighted by Crippen LogP contribution is 2.23. The summed E-state index contributed by atoms with van der Waals surface area (Å²) in [5.41, 5.74) is 7.26. The molecule has 1 amide bonds. The van der Waals surface area contributed by atoms with E-state index in [4.69, 9.17) is 9.85 Å². The third-order valence-electron chi connectivity index (χ3n) is 2.61. The molecule has 0 aliphatic carbocycles. The Hall–Kier alpha value is -2.04. The van der Waals surface area contributed by atoms with Crippen molar-refractivity contribution in [3.63, 3.8) is 0 Å². The average Bonchev–Trinajstić information content (AvgIpc) is 2.64. The van der Waals surface area contributed by atoms with E-state index in [1.807, 2.05) is 0 Å². The minimum absolute atomic E-state index is 0.241. The van der Waals surface area contributed by atoms with E-state index in [0.29, 0.717) is 28.1 Å². The molecular weight excluding hydrogens is 216 g/mol. The molecule has 0 spiro atoms. The summed E-state index contributed by atoms with van der Waals surface area (Å²) in [4.78, 5) is 17.6. The van der Waals surface area contributed by atoms with E-state index in [9.17, 15) is 4.79 Å². The number of nitrogens with two attached hydrogens (primary N) is 1. The Morgan fingerprint density at radius 2 is 2.24 bits per heavy atom. The third kappa shape index (κ3) is 1.73. The molecule has 0 bridgehead atoms. The third-order valence-corrected chi connectivity index (χ3v) is 2.61. The van der Waals surface area contributed by atoms with Gasteiger partial charge in [-0.25, -0.2) is 4.98 Å². The van der Waals surface area contributed by atoms with Gasteiger partial charge in [-0.3, -0.25) is 4.79 Å². The van der Waals surface area contributed by atoms with Gasteiger partial charge in [0.05, 0.1) is 11.2 Å². The fourth-order valence-electron chi connectivity index (χ4n) is 1.70. The number of amides is 1. The van der Waals surface area contributed by atoms with Crippen molar-refractivity contribution in [1.82, 2.24) is 14.5 Å². The van der Waals surface area contributed by atoms with E-state index >= 15 is 0 Å². The molecule has 2 N–H and O–H groups in total. The Morgan fingerprint density at radius 1 is 1.53 bits per heavy atom. The van der Waals surface area contributed by atoms with Crippen LogP contribution in [0.1, 0.15) is 20.3 Å². The molecule has 0 radical (unpaired) electrons. The zero-order valence-electron chi connectivity index (χ0n) is 13.0. The number of nitrogen functional groups attached to an aromatic ring is 1. The Labute approximate surface area is 104 Å². The van der Waals surface area contributed by atoms with Gasteiger partial charge < -0.3 is 15.2 Å². The van der Waals surface area contributed by atoms with Crippen LogP contribution < -0.4 is 5.73 Å². The molecule has 0 aliphatic heterocycles. The first-order valence-corrected chi connectivity index (χ1v) is 5.13. The van der Waals surface area contributed by atoms with Crippen molar-refractivity contribution in [2.75, 3.05) is 19.8 Å². The van der Waals surface area contributed by atoms with Crippen molar-refractivity contribution >= 4 is 22.6 Å². The van der Waals surface area contributed by atoms with Gasteiger partial charge in [0.2, 0.25) is 0 Å². The van der Waals surface area contributed by atoms with Gasteiger partial charge in [0.1, 0.15) is 11.3 Å². The summed E-state index contributed by atoms with van der Waals surface area (Å²) in [6.07, 6.45) is 0. The second kappa shape index (κ2) is 3.76. The summed E-state index contributed by atoms with van der Waals surface area (Å²) in [6.45, 7) is -0.774. The SMILES string of the molecule is [2H]C([2H])([2H])n1c(C)nc2c(N)cc(C(=O)N(C)C)cc21. The number of rotatable bonds is 1. The largest absolute Gasteiger partial charge is 0.397 e. The van der Waals surface area contributed by atoms with Crippen LogP contribution in [0.15, 0.2) is 12.1 Å². The Morgan fingerprint density at radius 3 is 2.82 bits per heavy atom. The summed E-state index contributed by atoms with van der Waals surface area (Å²) in [7, 11) is 3.24. The lowest BCUT2D eigenvalue weighted by Crippen LogP contribution is -2.21. The molecule has 2 rings (SSSR count). The number of carbonyl (C=O) groups excluding carboxylic acids is 1. The fraction of sp³-hybridized carbons (Fsp3) is 0.333. The lowest BCUT2D eigenvalue weighted by atomic mass is 10.1. The van der Waals surface area contributed by atoms with Crippen LogP contribution in [0.2, 0.25) is 0 Å². The van der Waals surface area contributed by atoms with Crippen LogP contribution in [0.3, 0.4) is 0 Å². The zero-order valence-corrected chi connectivity index (χ0v) is 9.98. The summed E-state index contributed by atoms with van der Waals surface area (Å²) >= 11 is 0. The normalized spacial score (nSPS) is 14.2. The second-order valence-corrected chi connectivity index (χ2v) is 4.13. The van der Waals surface area contributed by atoms with Crippen molar-refractivity contribution in [3.8, 4) is 0 Å². The average molecular weight is 235 g/mol. The summed E-state index contributed by atoms with van der Waals surface area (Å²) in [5, 5.41) is 0. The van der Waals surface area contributed by atoms with Crippen LogP contribution in [0.5, 0.6) is 0 Å². The highest BCUT2D eigenvalue weighted by Gasteiger charge is 2.14. The maximum atomic E-state index is 12.0. The van der Waals surface area contributed by atoms with E-state index in [-0.39, 0.29) is 5.91 Å². The van der Waals surface area contributed by atoms with E-state index in [0.717, 1.165) is 4.57 Å². The van der Waals surface area contributed by atoms with Gasteiger partial charge in [-0.2, -0.15) is 0 Å². The minimum atomic E-state index is -2.37. The number of benzene rings is 1. The lowest BCUT2D eigenvalue weighted by molar-refractivity contribution is 0.0828. The molecular formula is C12H16N4O. The first-order chi connectivity index (χ1) is 9.12. The number of aryl methyl sites for hydroxylation is 2. The Kier molecular flexibility index (Phi) is 1.80. The van der Waals surface area contributed by atoms with Gasteiger partial charge >= 0.3 is 0 Å².